The number of benzene rings is 2. The number of hydrogen-bond donors (Lipinski definition) is 1. The monoisotopic (exact) mass is 429 g/mol. The molecular weight excluding hydrogens is 409 g/mol. The molecule has 0 amide bonds. The molecule has 2 heterocycles. The molecule has 6 nitrogen and oxygen atoms in total. The number of allylic oxidation sites excluding steroid dienone is 1. The number of aromatic nitrogens is 2. The third-order valence-electron chi connectivity index (χ3n) is 4.87. The van der Waals surface area contributed by atoms with Crippen LogP contribution in [0.1, 0.15) is 41.7 Å². The second kappa shape index (κ2) is 9.31. The van der Waals surface area contributed by atoms with E-state index in [1.807, 2.05) is 6.92 Å². The molecule has 0 bridgehead atoms. The van der Waals surface area contributed by atoms with Gasteiger partial charge in [0.15, 0.2) is 0 Å². The number of carbonyl (C=O) groups is 1. The summed E-state index contributed by atoms with van der Waals surface area (Å²) < 4.78 is 24.5. The van der Waals surface area contributed by atoms with Gasteiger partial charge in [-0.05, 0) is 48.9 Å². The number of fused-ring (bicyclic) bond motifs is 1. The standard InChI is InChI=1S/C25H20FN3O3/c1-2-3-12-31-25(30)17-6-4-16(5-7-17)23-11-9-20(32-23)13-18(15-27)24-28-21-10-8-19(26)14-22(21)29-24/h4-11,13-14H,2-3,12H2,1H3,(H,28,29)/b18-13-. The minimum absolute atomic E-state index is 0.257. The number of unbranched alkanes of at least 4 members (excludes halogenated alkanes) is 1. The molecule has 0 unspecified atom stereocenters. The maximum Gasteiger partial charge on any atom is 0.338 e. The van der Waals surface area contributed by atoms with Crippen LogP contribution in [0.5, 0.6) is 0 Å². The van der Waals surface area contributed by atoms with E-state index in [9.17, 15) is 14.4 Å². The van der Waals surface area contributed by atoms with E-state index in [1.165, 1.54) is 12.1 Å². The molecule has 0 fully saturated rings. The topological polar surface area (TPSA) is 91.9 Å². The first kappa shape index (κ1) is 21.1. The SMILES string of the molecule is CCCCOC(=O)c1ccc(-c2ccc(/C=C(/C#N)c3nc4ccc(F)cc4[nH]3)o2)cc1. The summed E-state index contributed by atoms with van der Waals surface area (Å²) in [5.41, 5.74) is 2.59. The Morgan fingerprint density at radius 3 is 2.78 bits per heavy atom. The van der Waals surface area contributed by atoms with Crippen molar-refractivity contribution in [3.63, 3.8) is 0 Å². The fourth-order valence-electron chi connectivity index (χ4n) is 3.15. The number of esters is 1. The van der Waals surface area contributed by atoms with Crippen LogP contribution in [0.15, 0.2) is 59.0 Å². The number of ether oxygens (including phenoxy) is 1. The predicted octanol–water partition coefficient (Wildman–Crippen LogP) is 5.98. The Hall–Kier alpha value is -4.18. The van der Waals surface area contributed by atoms with E-state index in [4.69, 9.17) is 9.15 Å². The number of carbonyl (C=O) groups excluding carboxylic acids is 1. The highest BCUT2D eigenvalue weighted by molar-refractivity contribution is 5.91. The quantitative estimate of drug-likeness (QED) is 0.222. The lowest BCUT2D eigenvalue weighted by Gasteiger charge is -2.04. The molecule has 0 radical (unpaired) electrons. The number of halogens is 1. The zero-order valence-electron chi connectivity index (χ0n) is 17.4. The molecule has 1 N–H and O–H groups in total. The smallest absolute Gasteiger partial charge is 0.338 e. The van der Waals surface area contributed by atoms with Gasteiger partial charge in [0.1, 0.15) is 29.2 Å². The summed E-state index contributed by atoms with van der Waals surface area (Å²) in [7, 11) is 0. The van der Waals surface area contributed by atoms with Crippen molar-refractivity contribution in [2.45, 2.75) is 19.8 Å². The van der Waals surface area contributed by atoms with Gasteiger partial charge in [0, 0.05) is 11.6 Å². The minimum Gasteiger partial charge on any atom is -0.462 e. The Bertz CT molecular complexity index is 1330. The van der Waals surface area contributed by atoms with Crippen molar-refractivity contribution in [2.75, 3.05) is 6.61 Å². The molecule has 0 aliphatic carbocycles. The summed E-state index contributed by atoms with van der Waals surface area (Å²) in [6.07, 6.45) is 3.36. The van der Waals surface area contributed by atoms with Gasteiger partial charge in [-0.3, -0.25) is 0 Å². The molecule has 160 valence electrons. The van der Waals surface area contributed by atoms with Crippen molar-refractivity contribution in [2.24, 2.45) is 0 Å². The fourth-order valence-corrected chi connectivity index (χ4v) is 3.15. The highest BCUT2D eigenvalue weighted by atomic mass is 19.1. The van der Waals surface area contributed by atoms with Gasteiger partial charge in [-0.2, -0.15) is 5.26 Å². The molecule has 7 heteroatoms. The number of hydrogen-bond acceptors (Lipinski definition) is 5. The Kier molecular flexibility index (Phi) is 6.13. The van der Waals surface area contributed by atoms with Crippen molar-refractivity contribution >= 4 is 28.7 Å². The Morgan fingerprint density at radius 2 is 2.03 bits per heavy atom. The molecule has 0 aliphatic rings. The number of nitriles is 1. The third-order valence-corrected chi connectivity index (χ3v) is 4.87. The molecule has 0 saturated carbocycles. The molecule has 0 saturated heterocycles. The lowest BCUT2D eigenvalue weighted by Crippen LogP contribution is -2.05. The summed E-state index contributed by atoms with van der Waals surface area (Å²) in [5, 5.41) is 9.57. The summed E-state index contributed by atoms with van der Waals surface area (Å²) in [5.74, 6) is 0.651. The first-order valence-corrected chi connectivity index (χ1v) is 10.2. The summed E-state index contributed by atoms with van der Waals surface area (Å²) >= 11 is 0. The van der Waals surface area contributed by atoms with Gasteiger partial charge in [0.05, 0.1) is 28.8 Å². The molecule has 4 rings (SSSR count). The third kappa shape index (κ3) is 4.60. The Morgan fingerprint density at radius 1 is 1.22 bits per heavy atom. The van der Waals surface area contributed by atoms with Crippen LogP contribution >= 0.6 is 0 Å². The van der Waals surface area contributed by atoms with Crippen molar-refractivity contribution in [1.29, 1.82) is 5.26 Å². The Labute approximate surface area is 184 Å². The molecular formula is C25H20FN3O3. The molecule has 2 aromatic carbocycles. The fraction of sp³-hybridized carbons (Fsp3) is 0.160. The van der Waals surface area contributed by atoms with Crippen molar-refractivity contribution in [1.82, 2.24) is 9.97 Å². The predicted molar refractivity (Wildman–Crippen MR) is 119 cm³/mol. The Balaban J connectivity index is 1.52. The molecule has 0 spiro atoms. The van der Waals surface area contributed by atoms with Gasteiger partial charge < -0.3 is 14.1 Å². The number of H-pyrrole nitrogens is 1. The van der Waals surface area contributed by atoms with E-state index in [-0.39, 0.29) is 17.4 Å². The van der Waals surface area contributed by atoms with E-state index >= 15 is 0 Å². The second-order valence-corrected chi connectivity index (χ2v) is 7.19. The van der Waals surface area contributed by atoms with Gasteiger partial charge in [-0.25, -0.2) is 14.2 Å². The zero-order chi connectivity index (χ0) is 22.5. The lowest BCUT2D eigenvalue weighted by atomic mass is 10.1. The number of rotatable bonds is 7. The summed E-state index contributed by atoms with van der Waals surface area (Å²) in [4.78, 5) is 19.3. The van der Waals surface area contributed by atoms with E-state index in [0.29, 0.717) is 40.5 Å². The normalized spacial score (nSPS) is 11.5. The number of nitrogens with zero attached hydrogens (tertiary/aromatic N) is 2. The maximum absolute atomic E-state index is 13.4. The number of furan rings is 1. The van der Waals surface area contributed by atoms with Crippen LogP contribution in [0.4, 0.5) is 4.39 Å². The van der Waals surface area contributed by atoms with Crippen LogP contribution in [-0.4, -0.2) is 22.5 Å². The first-order chi connectivity index (χ1) is 15.6. The lowest BCUT2D eigenvalue weighted by molar-refractivity contribution is 0.0499. The average molecular weight is 429 g/mol. The number of nitrogens with one attached hydrogen (secondary N) is 1. The molecule has 0 atom stereocenters. The van der Waals surface area contributed by atoms with E-state index in [0.717, 1.165) is 18.4 Å². The van der Waals surface area contributed by atoms with Crippen molar-refractivity contribution in [3.8, 4) is 17.4 Å². The van der Waals surface area contributed by atoms with E-state index in [1.54, 1.807) is 48.5 Å². The average Bonchev–Trinajstić information content (AvgIpc) is 3.44. The number of aromatic amines is 1. The van der Waals surface area contributed by atoms with Gasteiger partial charge in [-0.15, -0.1) is 0 Å². The summed E-state index contributed by atoms with van der Waals surface area (Å²) in [6.45, 7) is 2.44. The van der Waals surface area contributed by atoms with Crippen LogP contribution < -0.4 is 0 Å². The molecule has 4 aromatic rings. The number of imidazole rings is 1. The zero-order valence-corrected chi connectivity index (χ0v) is 17.4. The van der Waals surface area contributed by atoms with Crippen LogP contribution in [0.3, 0.4) is 0 Å². The van der Waals surface area contributed by atoms with Crippen molar-refractivity contribution < 1.29 is 18.3 Å². The van der Waals surface area contributed by atoms with Crippen LogP contribution in [0, 0.1) is 17.1 Å². The van der Waals surface area contributed by atoms with E-state index < -0.39 is 0 Å². The highest BCUT2D eigenvalue weighted by Crippen LogP contribution is 2.26. The van der Waals surface area contributed by atoms with Crippen LogP contribution in [0.2, 0.25) is 0 Å². The first-order valence-electron chi connectivity index (χ1n) is 10.2. The molecule has 0 aliphatic heterocycles. The largest absolute Gasteiger partial charge is 0.462 e. The van der Waals surface area contributed by atoms with Gasteiger partial charge in [0.2, 0.25) is 0 Å². The molecule has 32 heavy (non-hydrogen) atoms. The van der Waals surface area contributed by atoms with Crippen molar-refractivity contribution in [3.05, 3.63) is 77.6 Å². The van der Waals surface area contributed by atoms with Gasteiger partial charge in [-0.1, -0.05) is 25.5 Å². The van der Waals surface area contributed by atoms with Crippen LogP contribution in [-0.2, 0) is 4.74 Å². The van der Waals surface area contributed by atoms with Crippen LogP contribution in [0.25, 0.3) is 34.0 Å². The van der Waals surface area contributed by atoms with Gasteiger partial charge in [0.25, 0.3) is 0 Å². The second-order valence-electron chi connectivity index (χ2n) is 7.19. The highest BCUT2D eigenvalue weighted by Gasteiger charge is 2.12. The van der Waals surface area contributed by atoms with E-state index in [2.05, 4.69) is 16.0 Å². The summed E-state index contributed by atoms with van der Waals surface area (Å²) in [6, 6.07) is 16.7. The van der Waals surface area contributed by atoms with Gasteiger partial charge >= 0.3 is 5.97 Å². The maximum atomic E-state index is 13.4. The minimum atomic E-state index is -0.383. The molecule has 2 aromatic heterocycles.